The highest BCUT2D eigenvalue weighted by Gasteiger charge is 2.11. The van der Waals surface area contributed by atoms with Crippen LogP contribution in [0.3, 0.4) is 0 Å². The summed E-state index contributed by atoms with van der Waals surface area (Å²) < 4.78 is 4.90. The van der Waals surface area contributed by atoms with E-state index in [1.807, 2.05) is 31.2 Å². The number of carbonyl (C=O) groups excluding carboxylic acids is 2. The van der Waals surface area contributed by atoms with Gasteiger partial charge in [-0.15, -0.1) is 0 Å². The highest BCUT2D eigenvalue weighted by molar-refractivity contribution is 5.89. The van der Waals surface area contributed by atoms with Crippen LogP contribution in [-0.2, 0) is 20.7 Å². The molecule has 2 rings (SSSR count). The highest BCUT2D eigenvalue weighted by atomic mass is 16.6. The molecule has 0 radical (unpaired) electrons. The van der Waals surface area contributed by atoms with Crippen molar-refractivity contribution in [2.45, 2.75) is 26.3 Å². The molecule has 146 valence electrons. The number of ether oxygens (including phenoxy) is 1. The van der Waals surface area contributed by atoms with Crippen LogP contribution in [0.5, 0.6) is 0 Å². The number of esters is 1. The lowest BCUT2D eigenvalue weighted by Gasteiger charge is -2.14. The molecule has 7 heteroatoms. The van der Waals surface area contributed by atoms with Gasteiger partial charge in [-0.2, -0.15) is 0 Å². The number of non-ortho nitro benzene ring substituents is 1. The van der Waals surface area contributed by atoms with Crippen molar-refractivity contribution in [1.82, 2.24) is 5.32 Å². The molecule has 1 atom stereocenters. The summed E-state index contributed by atoms with van der Waals surface area (Å²) in [5.41, 5.74) is 2.59. The van der Waals surface area contributed by atoms with Gasteiger partial charge in [0, 0.05) is 18.2 Å². The average molecular weight is 382 g/mol. The molecule has 0 bridgehead atoms. The van der Waals surface area contributed by atoms with Crippen LogP contribution in [0.2, 0.25) is 0 Å². The van der Waals surface area contributed by atoms with E-state index in [2.05, 4.69) is 12.2 Å². The number of nitro groups is 1. The third kappa shape index (κ3) is 6.35. The van der Waals surface area contributed by atoms with Crippen molar-refractivity contribution in [2.75, 3.05) is 6.61 Å². The number of benzene rings is 2. The molecular weight excluding hydrogens is 360 g/mol. The first kappa shape index (κ1) is 20.8. The number of nitrogens with one attached hydrogen (secondary N) is 1. The maximum absolute atomic E-state index is 12.0. The van der Waals surface area contributed by atoms with Crippen molar-refractivity contribution in [2.24, 2.45) is 0 Å². The Morgan fingerprint density at radius 1 is 1.21 bits per heavy atom. The maximum Gasteiger partial charge on any atom is 0.331 e. The van der Waals surface area contributed by atoms with Gasteiger partial charge < -0.3 is 10.1 Å². The van der Waals surface area contributed by atoms with E-state index in [0.29, 0.717) is 5.56 Å². The van der Waals surface area contributed by atoms with Crippen molar-refractivity contribution in [1.29, 1.82) is 0 Å². The predicted molar refractivity (Wildman–Crippen MR) is 105 cm³/mol. The zero-order valence-corrected chi connectivity index (χ0v) is 15.8. The number of amides is 1. The van der Waals surface area contributed by atoms with E-state index in [4.69, 9.17) is 4.74 Å². The number of nitro benzene ring substituents is 1. The van der Waals surface area contributed by atoms with Gasteiger partial charge in [0.25, 0.3) is 11.6 Å². The van der Waals surface area contributed by atoms with Gasteiger partial charge in [-0.3, -0.25) is 14.9 Å². The lowest BCUT2D eigenvalue weighted by atomic mass is 10.1. The van der Waals surface area contributed by atoms with Crippen molar-refractivity contribution >= 4 is 23.6 Å². The van der Waals surface area contributed by atoms with E-state index in [0.717, 1.165) is 18.1 Å². The first-order valence-corrected chi connectivity index (χ1v) is 8.86. The highest BCUT2D eigenvalue weighted by Crippen LogP contribution is 2.15. The third-order valence-corrected chi connectivity index (χ3v) is 4.10. The molecule has 0 saturated heterocycles. The van der Waals surface area contributed by atoms with Gasteiger partial charge in [0.05, 0.1) is 11.0 Å². The fourth-order valence-electron chi connectivity index (χ4n) is 2.50. The van der Waals surface area contributed by atoms with E-state index < -0.39 is 23.4 Å². The SMILES string of the molecule is CCc1ccc([C@H](C)NC(=O)COC(=O)/C=C/c2cccc([N+](=O)[O-])c2)cc1. The van der Waals surface area contributed by atoms with Crippen LogP contribution in [0.4, 0.5) is 5.69 Å². The van der Waals surface area contributed by atoms with Gasteiger partial charge in [-0.25, -0.2) is 4.79 Å². The van der Waals surface area contributed by atoms with E-state index in [1.165, 1.54) is 29.8 Å². The third-order valence-electron chi connectivity index (χ3n) is 4.10. The molecule has 1 amide bonds. The molecule has 0 heterocycles. The van der Waals surface area contributed by atoms with Crippen molar-refractivity contribution in [3.05, 3.63) is 81.4 Å². The summed E-state index contributed by atoms with van der Waals surface area (Å²) in [4.78, 5) is 33.9. The Kier molecular flexibility index (Phi) is 7.45. The van der Waals surface area contributed by atoms with Crippen LogP contribution in [-0.4, -0.2) is 23.4 Å². The molecule has 7 nitrogen and oxygen atoms in total. The Labute approximate surface area is 163 Å². The Hall–Kier alpha value is -3.48. The Balaban J connectivity index is 1.82. The zero-order valence-electron chi connectivity index (χ0n) is 15.8. The molecule has 0 aliphatic carbocycles. The second-order valence-electron chi connectivity index (χ2n) is 6.18. The van der Waals surface area contributed by atoms with Gasteiger partial charge >= 0.3 is 5.97 Å². The molecule has 0 fully saturated rings. The van der Waals surface area contributed by atoms with Gasteiger partial charge in [0.15, 0.2) is 6.61 Å². The summed E-state index contributed by atoms with van der Waals surface area (Å²) >= 11 is 0. The monoisotopic (exact) mass is 382 g/mol. The maximum atomic E-state index is 12.0. The number of hydrogen-bond acceptors (Lipinski definition) is 5. The van der Waals surface area contributed by atoms with E-state index in [1.54, 1.807) is 6.07 Å². The quantitative estimate of drug-likeness (QED) is 0.326. The molecule has 0 aliphatic heterocycles. The van der Waals surface area contributed by atoms with Crippen LogP contribution in [0.1, 0.15) is 36.6 Å². The van der Waals surface area contributed by atoms with Crippen LogP contribution in [0.25, 0.3) is 6.08 Å². The Morgan fingerprint density at radius 2 is 1.93 bits per heavy atom. The summed E-state index contributed by atoms with van der Waals surface area (Å²) in [6, 6.07) is 13.6. The van der Waals surface area contributed by atoms with Gasteiger partial charge in [-0.05, 0) is 36.1 Å². The predicted octanol–water partition coefficient (Wildman–Crippen LogP) is 3.59. The van der Waals surface area contributed by atoms with Crippen LogP contribution < -0.4 is 5.32 Å². The first-order chi connectivity index (χ1) is 13.4. The number of hydrogen-bond donors (Lipinski definition) is 1. The Bertz CT molecular complexity index is 875. The number of rotatable bonds is 8. The van der Waals surface area contributed by atoms with Crippen molar-refractivity contribution < 1.29 is 19.2 Å². The summed E-state index contributed by atoms with van der Waals surface area (Å²) in [6.45, 7) is 3.51. The molecule has 0 saturated carbocycles. The molecule has 0 aliphatic rings. The van der Waals surface area contributed by atoms with Gasteiger partial charge in [0.2, 0.25) is 0 Å². The molecular formula is C21H22N2O5. The van der Waals surface area contributed by atoms with E-state index in [-0.39, 0.29) is 11.7 Å². The summed E-state index contributed by atoms with van der Waals surface area (Å²) in [7, 11) is 0. The molecule has 0 aromatic heterocycles. The summed E-state index contributed by atoms with van der Waals surface area (Å²) in [5, 5.41) is 13.5. The van der Waals surface area contributed by atoms with Crippen LogP contribution >= 0.6 is 0 Å². The number of nitrogens with zero attached hydrogens (tertiary/aromatic N) is 1. The molecule has 1 N–H and O–H groups in total. The molecule has 0 spiro atoms. The average Bonchev–Trinajstić information content (AvgIpc) is 2.71. The summed E-state index contributed by atoms with van der Waals surface area (Å²) in [5.74, 6) is -1.12. The standard InChI is InChI=1S/C21H22N2O5/c1-3-16-7-10-18(11-8-16)15(2)22-20(24)14-28-21(25)12-9-17-5-4-6-19(13-17)23(26)27/h4-13,15H,3,14H2,1-2H3,(H,22,24)/b12-9+/t15-/m0/s1. The number of carbonyl (C=O) groups is 2. The van der Waals surface area contributed by atoms with Crippen LogP contribution in [0, 0.1) is 10.1 Å². The summed E-state index contributed by atoms with van der Waals surface area (Å²) in [6.07, 6.45) is 3.46. The fourth-order valence-corrected chi connectivity index (χ4v) is 2.50. The second-order valence-corrected chi connectivity index (χ2v) is 6.18. The first-order valence-electron chi connectivity index (χ1n) is 8.86. The number of aryl methyl sites for hydroxylation is 1. The lowest BCUT2D eigenvalue weighted by Crippen LogP contribution is -2.30. The van der Waals surface area contributed by atoms with E-state index in [9.17, 15) is 19.7 Å². The van der Waals surface area contributed by atoms with Gasteiger partial charge in [-0.1, -0.05) is 43.3 Å². The molecule has 28 heavy (non-hydrogen) atoms. The largest absolute Gasteiger partial charge is 0.452 e. The second kappa shape index (κ2) is 10.0. The molecule has 0 unspecified atom stereocenters. The minimum Gasteiger partial charge on any atom is -0.452 e. The molecule has 2 aromatic rings. The lowest BCUT2D eigenvalue weighted by molar-refractivity contribution is -0.384. The Morgan fingerprint density at radius 3 is 2.57 bits per heavy atom. The van der Waals surface area contributed by atoms with Crippen LogP contribution in [0.15, 0.2) is 54.6 Å². The smallest absolute Gasteiger partial charge is 0.331 e. The van der Waals surface area contributed by atoms with Crippen molar-refractivity contribution in [3.8, 4) is 0 Å². The molecule has 2 aromatic carbocycles. The van der Waals surface area contributed by atoms with E-state index >= 15 is 0 Å². The fraction of sp³-hybridized carbons (Fsp3) is 0.238. The van der Waals surface area contributed by atoms with Gasteiger partial charge in [0.1, 0.15) is 0 Å². The zero-order chi connectivity index (χ0) is 20.5. The minimum absolute atomic E-state index is 0.0733. The normalized spacial score (nSPS) is 11.8. The van der Waals surface area contributed by atoms with Crippen molar-refractivity contribution in [3.63, 3.8) is 0 Å². The minimum atomic E-state index is -0.707. The topological polar surface area (TPSA) is 98.5 Å².